The van der Waals surface area contributed by atoms with Crippen LogP contribution >= 0.6 is 54.5 Å². The number of hydrogen-bond acceptors (Lipinski definition) is 8. The molecule has 40 heavy (non-hydrogen) atoms. The van der Waals surface area contributed by atoms with E-state index in [0.717, 1.165) is 20.1 Å². The van der Waals surface area contributed by atoms with Gasteiger partial charge < -0.3 is 20.1 Å². The highest BCUT2D eigenvalue weighted by Gasteiger charge is 2.24. The number of methoxy groups -OCH3 is 2. The Hall–Kier alpha value is -3.32. The summed E-state index contributed by atoms with van der Waals surface area (Å²) in [6.45, 7) is 0. The minimum absolute atomic E-state index is 0.142. The van der Waals surface area contributed by atoms with Gasteiger partial charge in [0.2, 0.25) is 11.8 Å². The van der Waals surface area contributed by atoms with E-state index in [-0.39, 0.29) is 24.0 Å². The summed E-state index contributed by atoms with van der Waals surface area (Å²) in [5.41, 5.74) is 3.34. The number of anilines is 2. The van der Waals surface area contributed by atoms with Gasteiger partial charge in [-0.15, -0.1) is 22.7 Å². The third-order valence-electron chi connectivity index (χ3n) is 5.76. The van der Waals surface area contributed by atoms with Crippen LogP contribution in [0.1, 0.15) is 33.6 Å². The second kappa shape index (κ2) is 13.4. The van der Waals surface area contributed by atoms with Crippen LogP contribution in [0.2, 0.25) is 0 Å². The number of carbonyl (C=O) groups excluding carboxylic acids is 4. The Morgan fingerprint density at radius 2 is 1.00 bits per heavy atom. The van der Waals surface area contributed by atoms with Gasteiger partial charge in [-0.1, -0.05) is 56.1 Å². The highest BCUT2D eigenvalue weighted by molar-refractivity contribution is 9.10. The summed E-state index contributed by atoms with van der Waals surface area (Å²) in [6.07, 6.45) is -0.285. The lowest BCUT2D eigenvalue weighted by atomic mass is 10.0. The first-order valence-electron chi connectivity index (χ1n) is 11.7. The van der Waals surface area contributed by atoms with E-state index in [0.29, 0.717) is 21.1 Å². The molecule has 0 fully saturated rings. The molecule has 2 amide bonds. The van der Waals surface area contributed by atoms with Crippen LogP contribution < -0.4 is 10.6 Å². The first-order chi connectivity index (χ1) is 19.2. The predicted molar refractivity (Wildman–Crippen MR) is 164 cm³/mol. The Balaban J connectivity index is 1.44. The van der Waals surface area contributed by atoms with Crippen molar-refractivity contribution < 1.29 is 28.7 Å². The highest BCUT2D eigenvalue weighted by Crippen LogP contribution is 2.38. The van der Waals surface area contributed by atoms with E-state index in [1.54, 1.807) is 10.8 Å². The summed E-state index contributed by atoms with van der Waals surface area (Å²) in [5, 5.41) is 9.67. The molecule has 0 spiro atoms. The van der Waals surface area contributed by atoms with Crippen molar-refractivity contribution in [2.45, 2.75) is 12.8 Å². The van der Waals surface area contributed by atoms with Gasteiger partial charge in [0.1, 0.15) is 21.1 Å². The molecule has 206 valence electrons. The van der Waals surface area contributed by atoms with Gasteiger partial charge in [0.05, 0.1) is 14.2 Å². The topological polar surface area (TPSA) is 111 Å². The van der Waals surface area contributed by atoms with Crippen molar-refractivity contribution in [1.29, 1.82) is 0 Å². The molecule has 0 atom stereocenters. The summed E-state index contributed by atoms with van der Waals surface area (Å²) >= 11 is 9.18. The molecule has 0 radical (unpaired) electrons. The lowest BCUT2D eigenvalue weighted by Crippen LogP contribution is -2.18. The predicted octanol–water partition coefficient (Wildman–Crippen LogP) is 7.60. The van der Waals surface area contributed by atoms with Crippen LogP contribution in [0.4, 0.5) is 10.0 Å². The van der Waals surface area contributed by atoms with Gasteiger partial charge in [0.15, 0.2) is 0 Å². The summed E-state index contributed by atoms with van der Waals surface area (Å²) in [5.74, 6) is -2.05. The SMILES string of the molecule is COC(=O)c1c(-c2ccc(Br)cc2)csc1NC(=O)CCC(=O)Nc1scc(-c2ccc(Br)cc2)c1C(=O)OC. The van der Waals surface area contributed by atoms with E-state index in [9.17, 15) is 19.2 Å². The van der Waals surface area contributed by atoms with E-state index < -0.39 is 23.8 Å². The van der Waals surface area contributed by atoms with Gasteiger partial charge >= 0.3 is 11.9 Å². The largest absolute Gasteiger partial charge is 0.465 e. The number of amides is 2. The van der Waals surface area contributed by atoms with Crippen LogP contribution in [0.3, 0.4) is 0 Å². The molecule has 12 heteroatoms. The number of carbonyl (C=O) groups is 4. The van der Waals surface area contributed by atoms with Gasteiger partial charge in [-0.2, -0.15) is 0 Å². The maximum absolute atomic E-state index is 12.7. The highest BCUT2D eigenvalue weighted by atomic mass is 79.9. The minimum atomic E-state index is -0.582. The molecule has 4 aromatic rings. The first kappa shape index (κ1) is 29.7. The molecule has 8 nitrogen and oxygen atoms in total. The number of rotatable bonds is 9. The lowest BCUT2D eigenvalue weighted by molar-refractivity contribution is -0.121. The van der Waals surface area contributed by atoms with Crippen molar-refractivity contribution in [3.63, 3.8) is 0 Å². The molecule has 0 unspecified atom stereocenters. The number of esters is 2. The van der Waals surface area contributed by atoms with Crippen LogP contribution in [0.5, 0.6) is 0 Å². The van der Waals surface area contributed by atoms with Crippen molar-refractivity contribution >= 4 is 88.3 Å². The maximum atomic E-state index is 12.7. The van der Waals surface area contributed by atoms with E-state index >= 15 is 0 Å². The van der Waals surface area contributed by atoms with Gasteiger partial charge in [0.25, 0.3) is 0 Å². The molecule has 0 bridgehead atoms. The smallest absolute Gasteiger partial charge is 0.341 e. The van der Waals surface area contributed by atoms with Crippen molar-refractivity contribution in [1.82, 2.24) is 0 Å². The first-order valence-corrected chi connectivity index (χ1v) is 15.1. The van der Waals surface area contributed by atoms with Crippen LogP contribution in [0, 0.1) is 0 Å². The van der Waals surface area contributed by atoms with Crippen LogP contribution in [0.15, 0.2) is 68.2 Å². The second-order valence-corrected chi connectivity index (χ2v) is 11.9. The van der Waals surface area contributed by atoms with Gasteiger partial charge in [-0.3, -0.25) is 9.59 Å². The van der Waals surface area contributed by atoms with Crippen molar-refractivity contribution in [3.05, 3.63) is 79.4 Å². The Labute approximate surface area is 255 Å². The number of nitrogens with one attached hydrogen (secondary N) is 2. The zero-order chi connectivity index (χ0) is 28.8. The van der Waals surface area contributed by atoms with Crippen molar-refractivity contribution in [3.8, 4) is 22.3 Å². The molecular formula is C28H22Br2N2O6S2. The van der Waals surface area contributed by atoms with Crippen molar-refractivity contribution in [2.24, 2.45) is 0 Å². The van der Waals surface area contributed by atoms with Gasteiger partial charge in [0, 0.05) is 43.7 Å². The van der Waals surface area contributed by atoms with Gasteiger partial charge in [-0.25, -0.2) is 9.59 Å². The summed E-state index contributed by atoms with van der Waals surface area (Å²) < 4.78 is 11.7. The Morgan fingerprint density at radius 1 is 0.650 bits per heavy atom. The van der Waals surface area contributed by atoms with E-state index in [2.05, 4.69) is 42.5 Å². The minimum Gasteiger partial charge on any atom is -0.465 e. The molecule has 2 heterocycles. The fraction of sp³-hybridized carbons (Fsp3) is 0.143. The maximum Gasteiger partial charge on any atom is 0.341 e. The number of benzene rings is 2. The van der Waals surface area contributed by atoms with Crippen LogP contribution in [0.25, 0.3) is 22.3 Å². The Kier molecular flexibility index (Phi) is 9.90. The number of ether oxygens (including phenoxy) is 2. The van der Waals surface area contributed by atoms with Crippen LogP contribution in [-0.4, -0.2) is 38.0 Å². The molecule has 0 saturated heterocycles. The average molecular weight is 706 g/mol. The molecule has 2 aromatic carbocycles. The van der Waals surface area contributed by atoms with E-state index in [4.69, 9.17) is 9.47 Å². The average Bonchev–Trinajstić information content (AvgIpc) is 3.56. The molecule has 2 aromatic heterocycles. The number of hydrogen-bond donors (Lipinski definition) is 2. The molecule has 0 saturated carbocycles. The normalized spacial score (nSPS) is 10.6. The standard InChI is InChI=1S/C28H22Br2N2O6S2/c1-37-27(35)23-19(15-3-7-17(29)8-4-15)13-39-25(23)31-21(33)11-12-22(34)32-26-24(28(36)38-2)20(14-40-26)16-5-9-18(30)10-6-16/h3-10,13-14H,11-12H2,1-2H3,(H,31,33)(H,32,34). The Bertz CT molecular complexity index is 1440. The molecule has 0 aliphatic heterocycles. The van der Waals surface area contributed by atoms with E-state index in [1.807, 2.05) is 48.5 Å². The summed E-state index contributed by atoms with van der Waals surface area (Å²) in [6, 6.07) is 14.8. The lowest BCUT2D eigenvalue weighted by Gasteiger charge is -2.09. The number of halogens is 2. The quantitative estimate of drug-likeness (QED) is 0.174. The molecule has 0 aliphatic rings. The fourth-order valence-corrected chi connectivity index (χ4v) is 6.27. The molecule has 4 rings (SSSR count). The van der Waals surface area contributed by atoms with E-state index in [1.165, 1.54) is 36.9 Å². The van der Waals surface area contributed by atoms with Crippen LogP contribution in [-0.2, 0) is 19.1 Å². The van der Waals surface area contributed by atoms with Gasteiger partial charge in [-0.05, 0) is 35.4 Å². The third kappa shape index (κ3) is 6.87. The number of thiophene rings is 2. The zero-order valence-corrected chi connectivity index (χ0v) is 26.0. The fourth-order valence-electron chi connectivity index (χ4n) is 3.80. The molecule has 2 N–H and O–H groups in total. The molecular weight excluding hydrogens is 684 g/mol. The van der Waals surface area contributed by atoms with Crippen molar-refractivity contribution in [2.75, 3.05) is 24.9 Å². The molecule has 0 aliphatic carbocycles. The zero-order valence-electron chi connectivity index (χ0n) is 21.2. The summed E-state index contributed by atoms with van der Waals surface area (Å²) in [4.78, 5) is 50.6. The summed E-state index contributed by atoms with van der Waals surface area (Å²) in [7, 11) is 2.55. The monoisotopic (exact) mass is 704 g/mol. The Morgan fingerprint density at radius 3 is 1.32 bits per heavy atom. The third-order valence-corrected chi connectivity index (χ3v) is 8.60. The second-order valence-electron chi connectivity index (χ2n) is 8.30.